The molecule has 0 spiro atoms. The number of fused-ring (bicyclic) bond motifs is 2. The molecule has 1 aromatic heterocycles. The minimum Gasteiger partial charge on any atom is -0.506 e. The van der Waals surface area contributed by atoms with E-state index < -0.39 is 11.8 Å². The molecular formula is C19H12N2O3. The van der Waals surface area contributed by atoms with Gasteiger partial charge in [-0.25, -0.2) is 0 Å². The molecule has 2 amide bonds. The van der Waals surface area contributed by atoms with Crippen LogP contribution >= 0.6 is 0 Å². The Balaban J connectivity index is 1.96. The Morgan fingerprint density at radius 2 is 1.71 bits per heavy atom. The van der Waals surface area contributed by atoms with E-state index in [4.69, 9.17) is 0 Å². The fourth-order valence-corrected chi connectivity index (χ4v) is 2.88. The van der Waals surface area contributed by atoms with Crippen molar-refractivity contribution in [2.45, 2.75) is 0 Å². The van der Waals surface area contributed by atoms with Crippen molar-refractivity contribution in [2.24, 2.45) is 0 Å². The first kappa shape index (κ1) is 14.1. The van der Waals surface area contributed by atoms with Gasteiger partial charge in [0.05, 0.1) is 0 Å². The number of aromatic hydroxyl groups is 1. The molecule has 0 fully saturated rings. The Labute approximate surface area is 137 Å². The zero-order valence-corrected chi connectivity index (χ0v) is 12.5. The van der Waals surface area contributed by atoms with E-state index in [1.807, 2.05) is 6.07 Å². The average Bonchev–Trinajstić information content (AvgIpc) is 2.59. The number of para-hydroxylation sites is 1. The van der Waals surface area contributed by atoms with Crippen LogP contribution in [0.25, 0.3) is 22.6 Å². The molecule has 0 unspecified atom stereocenters. The second-order valence-electron chi connectivity index (χ2n) is 5.46. The van der Waals surface area contributed by atoms with Gasteiger partial charge in [0.25, 0.3) is 11.8 Å². The van der Waals surface area contributed by atoms with Gasteiger partial charge in [-0.2, -0.15) is 0 Å². The summed E-state index contributed by atoms with van der Waals surface area (Å²) >= 11 is 0. The molecule has 5 nitrogen and oxygen atoms in total. The number of phenols is 1. The van der Waals surface area contributed by atoms with Crippen LogP contribution in [0.2, 0.25) is 0 Å². The van der Waals surface area contributed by atoms with Crippen molar-refractivity contribution in [3.05, 3.63) is 71.4 Å². The number of amides is 2. The predicted molar refractivity (Wildman–Crippen MR) is 90.2 cm³/mol. The van der Waals surface area contributed by atoms with Crippen LogP contribution in [-0.4, -0.2) is 21.9 Å². The Morgan fingerprint density at radius 3 is 2.54 bits per heavy atom. The summed E-state index contributed by atoms with van der Waals surface area (Å²) in [5, 5.41) is 13.0. The topological polar surface area (TPSA) is 79.3 Å². The number of carbonyl (C=O) groups is 2. The number of hydrogen-bond acceptors (Lipinski definition) is 4. The monoisotopic (exact) mass is 316 g/mol. The maximum absolute atomic E-state index is 12.3. The van der Waals surface area contributed by atoms with Crippen LogP contribution < -0.4 is 5.32 Å². The average molecular weight is 316 g/mol. The summed E-state index contributed by atoms with van der Waals surface area (Å²) in [5.74, 6) is -0.759. The first-order valence-electron chi connectivity index (χ1n) is 7.38. The molecule has 0 saturated heterocycles. The van der Waals surface area contributed by atoms with Crippen LogP contribution in [0.5, 0.6) is 5.75 Å². The molecular weight excluding hydrogens is 304 g/mol. The quantitative estimate of drug-likeness (QED) is 0.534. The maximum Gasteiger partial charge on any atom is 0.258 e. The van der Waals surface area contributed by atoms with Gasteiger partial charge in [0.15, 0.2) is 0 Å². The minimum absolute atomic E-state index is 0.0800. The summed E-state index contributed by atoms with van der Waals surface area (Å²) in [6.45, 7) is 0. The first-order valence-corrected chi connectivity index (χ1v) is 7.38. The molecule has 116 valence electrons. The lowest BCUT2D eigenvalue weighted by Crippen LogP contribution is -2.36. The molecule has 2 heterocycles. The molecule has 0 saturated carbocycles. The smallest absolute Gasteiger partial charge is 0.258 e. The molecule has 0 bridgehead atoms. The number of benzene rings is 2. The number of imide groups is 1. The van der Waals surface area contributed by atoms with Gasteiger partial charge in [-0.05, 0) is 35.4 Å². The highest BCUT2D eigenvalue weighted by Crippen LogP contribution is 2.30. The van der Waals surface area contributed by atoms with Gasteiger partial charge in [0.1, 0.15) is 11.3 Å². The molecule has 5 heteroatoms. The van der Waals surface area contributed by atoms with E-state index in [-0.39, 0.29) is 5.75 Å². The Kier molecular flexibility index (Phi) is 3.13. The first-order chi connectivity index (χ1) is 11.6. The van der Waals surface area contributed by atoms with Crippen molar-refractivity contribution in [1.29, 1.82) is 0 Å². The summed E-state index contributed by atoms with van der Waals surface area (Å²) in [7, 11) is 0. The van der Waals surface area contributed by atoms with Gasteiger partial charge >= 0.3 is 0 Å². The van der Waals surface area contributed by atoms with Gasteiger partial charge in [0.2, 0.25) is 0 Å². The highest BCUT2D eigenvalue weighted by atomic mass is 16.3. The van der Waals surface area contributed by atoms with Crippen molar-refractivity contribution < 1.29 is 14.7 Å². The lowest BCUT2D eigenvalue weighted by atomic mass is 9.93. The Hall–Kier alpha value is -3.47. The van der Waals surface area contributed by atoms with Crippen molar-refractivity contribution in [3.8, 4) is 5.75 Å². The van der Waals surface area contributed by atoms with Crippen molar-refractivity contribution in [1.82, 2.24) is 10.3 Å². The standard InChI is InChI=1S/C19H12N2O3/c22-16-7-3-6-12-11(8-9-20-17(12)16)10-15-13-4-1-2-5-14(13)18(23)21-19(15)24/h1-10,22H,(H,21,23,24). The molecule has 1 aliphatic rings. The molecule has 2 aromatic carbocycles. The third kappa shape index (κ3) is 2.14. The van der Waals surface area contributed by atoms with E-state index >= 15 is 0 Å². The zero-order chi connectivity index (χ0) is 16.7. The fraction of sp³-hybridized carbons (Fsp3) is 0. The van der Waals surface area contributed by atoms with E-state index in [0.717, 1.165) is 10.9 Å². The normalized spacial score (nSPS) is 15.4. The Bertz CT molecular complexity index is 1040. The number of phenolic OH excluding ortho intramolecular Hbond substituents is 1. The van der Waals surface area contributed by atoms with Crippen LogP contribution in [0.4, 0.5) is 0 Å². The van der Waals surface area contributed by atoms with Crippen molar-refractivity contribution >= 4 is 34.4 Å². The fourth-order valence-electron chi connectivity index (χ4n) is 2.88. The van der Waals surface area contributed by atoms with Gasteiger partial charge in [0, 0.05) is 22.7 Å². The lowest BCUT2D eigenvalue weighted by Gasteiger charge is -2.18. The van der Waals surface area contributed by atoms with Crippen LogP contribution in [0.3, 0.4) is 0 Å². The number of aromatic nitrogens is 1. The van der Waals surface area contributed by atoms with Crippen LogP contribution in [0, 0.1) is 0 Å². The summed E-state index contributed by atoms with van der Waals surface area (Å²) in [6, 6.07) is 13.8. The molecule has 0 aliphatic carbocycles. The number of hydrogen-bond donors (Lipinski definition) is 2. The highest BCUT2D eigenvalue weighted by Gasteiger charge is 2.26. The van der Waals surface area contributed by atoms with Crippen LogP contribution in [0.15, 0.2) is 54.7 Å². The number of rotatable bonds is 1. The van der Waals surface area contributed by atoms with E-state index in [9.17, 15) is 14.7 Å². The molecule has 1 aliphatic heterocycles. The third-order valence-corrected chi connectivity index (χ3v) is 4.02. The zero-order valence-electron chi connectivity index (χ0n) is 12.5. The second kappa shape index (κ2) is 5.31. The van der Waals surface area contributed by atoms with E-state index in [1.54, 1.807) is 54.7 Å². The van der Waals surface area contributed by atoms with Gasteiger partial charge in [-0.15, -0.1) is 0 Å². The minimum atomic E-state index is -0.441. The van der Waals surface area contributed by atoms with Crippen molar-refractivity contribution in [3.63, 3.8) is 0 Å². The van der Waals surface area contributed by atoms with E-state index in [1.165, 1.54) is 0 Å². The SMILES string of the molecule is O=C1NC(=O)c2ccccc2C1=Cc1ccnc2c(O)cccc12. The third-order valence-electron chi connectivity index (χ3n) is 4.02. The van der Waals surface area contributed by atoms with Gasteiger partial charge < -0.3 is 5.11 Å². The number of pyridine rings is 1. The molecule has 0 atom stereocenters. The molecule has 24 heavy (non-hydrogen) atoms. The summed E-state index contributed by atoms with van der Waals surface area (Å²) in [4.78, 5) is 28.4. The molecule has 2 N–H and O–H groups in total. The second-order valence-corrected chi connectivity index (χ2v) is 5.46. The lowest BCUT2D eigenvalue weighted by molar-refractivity contribution is -0.114. The molecule has 0 radical (unpaired) electrons. The van der Waals surface area contributed by atoms with Crippen molar-refractivity contribution in [2.75, 3.05) is 0 Å². The summed E-state index contributed by atoms with van der Waals surface area (Å²) in [5.41, 5.74) is 2.67. The van der Waals surface area contributed by atoms with Crippen LogP contribution in [-0.2, 0) is 4.79 Å². The largest absolute Gasteiger partial charge is 0.506 e. The summed E-state index contributed by atoms with van der Waals surface area (Å²) < 4.78 is 0. The number of nitrogens with zero attached hydrogens (tertiary/aromatic N) is 1. The number of nitrogens with one attached hydrogen (secondary N) is 1. The van der Waals surface area contributed by atoms with Crippen LogP contribution in [0.1, 0.15) is 21.5 Å². The maximum atomic E-state index is 12.3. The van der Waals surface area contributed by atoms with Gasteiger partial charge in [-0.3, -0.25) is 19.9 Å². The van der Waals surface area contributed by atoms with E-state index in [2.05, 4.69) is 10.3 Å². The van der Waals surface area contributed by atoms with Gasteiger partial charge in [-0.1, -0.05) is 30.3 Å². The summed E-state index contributed by atoms with van der Waals surface area (Å²) in [6.07, 6.45) is 3.29. The highest BCUT2D eigenvalue weighted by molar-refractivity contribution is 6.34. The molecule has 4 rings (SSSR count). The molecule has 3 aromatic rings. The van der Waals surface area contributed by atoms with E-state index in [0.29, 0.717) is 22.2 Å². The number of carbonyl (C=O) groups excluding carboxylic acids is 2. The predicted octanol–water partition coefficient (Wildman–Crippen LogP) is 2.75. The Morgan fingerprint density at radius 1 is 0.917 bits per heavy atom.